The highest BCUT2D eigenvalue weighted by Crippen LogP contribution is 2.13. The van der Waals surface area contributed by atoms with E-state index >= 15 is 0 Å². The molecule has 0 aromatic rings. The molecule has 2 nitrogen and oxygen atoms in total. The maximum atomic E-state index is 9.90. The third-order valence-electron chi connectivity index (χ3n) is 1.77. The fourth-order valence-corrected chi connectivity index (χ4v) is 1.15. The van der Waals surface area contributed by atoms with E-state index in [2.05, 4.69) is 23.5 Å². The Balaban J connectivity index is 2.19. The summed E-state index contributed by atoms with van der Waals surface area (Å²) in [4.78, 5) is 9.90. The summed E-state index contributed by atoms with van der Waals surface area (Å²) in [5.74, 6) is 0. The van der Waals surface area contributed by atoms with Crippen molar-refractivity contribution >= 4 is 6.41 Å². The summed E-state index contributed by atoms with van der Waals surface area (Å²) in [6, 6.07) is 0. The van der Waals surface area contributed by atoms with Crippen molar-refractivity contribution < 1.29 is 4.79 Å². The monoisotopic (exact) mass is 151 g/mol. The first kappa shape index (κ1) is 8.05. The predicted octanol–water partition coefficient (Wildman–Crippen LogP) is 1.40. The van der Waals surface area contributed by atoms with Gasteiger partial charge in [0.25, 0.3) is 0 Å². The van der Waals surface area contributed by atoms with Crippen LogP contribution in [0.25, 0.3) is 0 Å². The van der Waals surface area contributed by atoms with Crippen molar-refractivity contribution in [1.29, 1.82) is 0 Å². The molecule has 0 saturated heterocycles. The van der Waals surface area contributed by atoms with Gasteiger partial charge in [0, 0.05) is 6.54 Å². The minimum Gasteiger partial charge on any atom is -0.358 e. The number of rotatable bonds is 4. The van der Waals surface area contributed by atoms with Crippen molar-refractivity contribution in [2.75, 3.05) is 6.54 Å². The number of amides is 1. The third-order valence-corrected chi connectivity index (χ3v) is 1.77. The number of hydrogen-bond donors (Lipinski definition) is 1. The molecule has 0 atom stereocenters. The number of hydrogen-bond acceptors (Lipinski definition) is 1. The second-order valence-electron chi connectivity index (χ2n) is 2.61. The van der Waals surface area contributed by atoms with Crippen LogP contribution in [-0.2, 0) is 4.79 Å². The minimum absolute atomic E-state index is 0.749. The second kappa shape index (κ2) is 4.72. The zero-order chi connectivity index (χ0) is 7.94. The fraction of sp³-hybridized carbons (Fsp3) is 0.444. The molecule has 0 aliphatic heterocycles. The molecule has 0 fully saturated rings. The smallest absolute Gasteiger partial charge is 0.207 e. The van der Waals surface area contributed by atoms with Gasteiger partial charge in [-0.3, -0.25) is 4.79 Å². The molecule has 2 heteroatoms. The first-order valence-corrected chi connectivity index (χ1v) is 3.95. The highest BCUT2D eigenvalue weighted by atomic mass is 16.1. The van der Waals surface area contributed by atoms with Crippen LogP contribution in [0.3, 0.4) is 0 Å². The Hall–Kier alpha value is -1.05. The normalized spacial score (nSPS) is 15.8. The summed E-state index contributed by atoms with van der Waals surface area (Å²) < 4.78 is 0. The molecule has 0 unspecified atom stereocenters. The van der Waals surface area contributed by atoms with Crippen molar-refractivity contribution in [1.82, 2.24) is 5.32 Å². The summed E-state index contributed by atoms with van der Waals surface area (Å²) >= 11 is 0. The van der Waals surface area contributed by atoms with Crippen molar-refractivity contribution in [2.24, 2.45) is 0 Å². The van der Waals surface area contributed by atoms with Gasteiger partial charge in [0.1, 0.15) is 0 Å². The van der Waals surface area contributed by atoms with Gasteiger partial charge >= 0.3 is 0 Å². The van der Waals surface area contributed by atoms with Crippen LogP contribution in [0.1, 0.15) is 19.3 Å². The third kappa shape index (κ3) is 3.03. The summed E-state index contributed by atoms with van der Waals surface area (Å²) in [5, 5.41) is 2.65. The lowest BCUT2D eigenvalue weighted by molar-refractivity contribution is -0.109. The number of carbonyl (C=O) groups is 1. The van der Waals surface area contributed by atoms with Gasteiger partial charge < -0.3 is 5.32 Å². The lowest BCUT2D eigenvalue weighted by atomic mass is 10.0. The quantitative estimate of drug-likeness (QED) is 0.477. The molecule has 0 bridgehead atoms. The molecule has 0 spiro atoms. The summed E-state index contributed by atoms with van der Waals surface area (Å²) in [6.45, 7) is 0.767. The van der Waals surface area contributed by atoms with E-state index in [0.29, 0.717) is 0 Å². The highest BCUT2D eigenvalue weighted by Gasteiger charge is 1.97. The molecule has 1 rings (SSSR count). The molecule has 11 heavy (non-hydrogen) atoms. The molecule has 0 aromatic heterocycles. The van der Waals surface area contributed by atoms with Crippen molar-refractivity contribution in [3.63, 3.8) is 0 Å². The van der Waals surface area contributed by atoms with Gasteiger partial charge in [-0.2, -0.15) is 0 Å². The molecule has 1 aliphatic carbocycles. The molecular weight excluding hydrogens is 138 g/mol. The van der Waals surface area contributed by atoms with E-state index in [1.165, 1.54) is 5.57 Å². The van der Waals surface area contributed by atoms with Crippen molar-refractivity contribution in [2.45, 2.75) is 19.3 Å². The Kier molecular flexibility index (Phi) is 3.45. The van der Waals surface area contributed by atoms with Gasteiger partial charge in [0.15, 0.2) is 0 Å². The first-order valence-electron chi connectivity index (χ1n) is 3.95. The average molecular weight is 151 g/mol. The number of carbonyl (C=O) groups excluding carboxylic acids is 1. The van der Waals surface area contributed by atoms with Crippen molar-refractivity contribution in [3.05, 3.63) is 23.8 Å². The molecule has 1 aliphatic rings. The SMILES string of the molecule is O=CNCCC1=CC=CCC1. The van der Waals surface area contributed by atoms with E-state index < -0.39 is 0 Å². The number of nitrogens with one attached hydrogen (secondary N) is 1. The average Bonchev–Trinajstić information content (AvgIpc) is 2.07. The van der Waals surface area contributed by atoms with Crippen LogP contribution in [0.15, 0.2) is 23.8 Å². The van der Waals surface area contributed by atoms with Crippen LogP contribution in [0, 0.1) is 0 Å². The van der Waals surface area contributed by atoms with Gasteiger partial charge in [0.2, 0.25) is 6.41 Å². The van der Waals surface area contributed by atoms with Crippen LogP contribution in [0.2, 0.25) is 0 Å². The largest absolute Gasteiger partial charge is 0.358 e. The molecule has 0 radical (unpaired) electrons. The molecule has 0 saturated carbocycles. The van der Waals surface area contributed by atoms with Gasteiger partial charge in [0.05, 0.1) is 0 Å². The Labute approximate surface area is 67.0 Å². The summed E-state index contributed by atoms with van der Waals surface area (Å²) in [5.41, 5.74) is 1.43. The fourth-order valence-electron chi connectivity index (χ4n) is 1.15. The Morgan fingerprint density at radius 3 is 3.18 bits per heavy atom. The Morgan fingerprint density at radius 2 is 2.55 bits per heavy atom. The van der Waals surface area contributed by atoms with Crippen LogP contribution >= 0.6 is 0 Å². The lowest BCUT2D eigenvalue weighted by Crippen LogP contribution is -2.12. The second-order valence-corrected chi connectivity index (χ2v) is 2.61. The van der Waals surface area contributed by atoms with Gasteiger partial charge in [-0.25, -0.2) is 0 Å². The first-order chi connectivity index (χ1) is 5.43. The molecular formula is C9H13NO. The van der Waals surface area contributed by atoms with Gasteiger partial charge in [-0.15, -0.1) is 0 Å². The van der Waals surface area contributed by atoms with E-state index in [-0.39, 0.29) is 0 Å². The number of allylic oxidation sites excluding steroid dienone is 3. The maximum absolute atomic E-state index is 9.90. The predicted molar refractivity (Wildman–Crippen MR) is 45.1 cm³/mol. The van der Waals surface area contributed by atoms with E-state index in [9.17, 15) is 4.79 Å². The van der Waals surface area contributed by atoms with Crippen LogP contribution < -0.4 is 5.32 Å². The van der Waals surface area contributed by atoms with Crippen LogP contribution in [-0.4, -0.2) is 13.0 Å². The maximum Gasteiger partial charge on any atom is 0.207 e. The van der Waals surface area contributed by atoms with Gasteiger partial charge in [-0.1, -0.05) is 23.8 Å². The van der Waals surface area contributed by atoms with Crippen molar-refractivity contribution in [3.8, 4) is 0 Å². The zero-order valence-corrected chi connectivity index (χ0v) is 6.55. The summed E-state index contributed by atoms with van der Waals surface area (Å²) in [6.07, 6.45) is 10.4. The highest BCUT2D eigenvalue weighted by molar-refractivity contribution is 5.45. The van der Waals surface area contributed by atoms with Crippen LogP contribution in [0.5, 0.6) is 0 Å². The zero-order valence-electron chi connectivity index (χ0n) is 6.55. The van der Waals surface area contributed by atoms with Gasteiger partial charge in [-0.05, 0) is 19.3 Å². The molecule has 1 amide bonds. The lowest BCUT2D eigenvalue weighted by Gasteiger charge is -2.07. The molecule has 60 valence electrons. The molecule has 1 N–H and O–H groups in total. The molecule has 0 heterocycles. The van der Waals surface area contributed by atoms with E-state index in [1.54, 1.807) is 0 Å². The topological polar surface area (TPSA) is 29.1 Å². The minimum atomic E-state index is 0.749. The van der Waals surface area contributed by atoms with E-state index in [4.69, 9.17) is 0 Å². The summed E-state index contributed by atoms with van der Waals surface area (Å²) in [7, 11) is 0. The van der Waals surface area contributed by atoms with E-state index in [0.717, 1.165) is 32.2 Å². The van der Waals surface area contributed by atoms with E-state index in [1.807, 2.05) is 0 Å². The van der Waals surface area contributed by atoms with Crippen LogP contribution in [0.4, 0.5) is 0 Å². The Bertz CT molecular complexity index is 182. The Morgan fingerprint density at radius 1 is 1.64 bits per heavy atom. The standard InChI is InChI=1S/C9H13NO/c11-8-10-7-6-9-4-2-1-3-5-9/h1-2,4,8H,3,5-7H2,(H,10,11). The molecule has 0 aromatic carbocycles.